The normalized spacial score (nSPS) is 19.3. The summed E-state index contributed by atoms with van der Waals surface area (Å²) in [4.78, 5) is 13.1. The van der Waals surface area contributed by atoms with Crippen molar-refractivity contribution in [1.29, 1.82) is 0 Å². The van der Waals surface area contributed by atoms with Crippen LogP contribution in [0.15, 0.2) is 42.5 Å². The fraction of sp³-hybridized carbons (Fsp3) is 0.312. The number of nitrogens with one attached hydrogen (secondary N) is 1. The molecule has 0 bridgehead atoms. The van der Waals surface area contributed by atoms with Gasteiger partial charge in [0.2, 0.25) is 0 Å². The quantitative estimate of drug-likeness (QED) is 0.897. The number of carboxylic acid groups (broad SMARTS) is 1. The third-order valence-electron chi connectivity index (χ3n) is 3.88. The summed E-state index contributed by atoms with van der Waals surface area (Å²) in [5, 5.41) is 14.9. The Morgan fingerprint density at radius 1 is 1.25 bits per heavy atom. The van der Waals surface area contributed by atoms with E-state index in [1.165, 1.54) is 10.8 Å². The minimum atomic E-state index is -0.720. The molecular weight excluding hydrogens is 252 g/mol. The van der Waals surface area contributed by atoms with Crippen molar-refractivity contribution in [3.8, 4) is 0 Å². The maximum atomic E-state index is 11.1. The van der Waals surface area contributed by atoms with Gasteiger partial charge in [0.05, 0.1) is 6.67 Å². The van der Waals surface area contributed by atoms with Gasteiger partial charge in [-0.2, -0.15) is 0 Å². The number of rotatable bonds is 4. The first kappa shape index (κ1) is 12.9. The second-order valence-corrected chi connectivity index (χ2v) is 5.21. The number of fused-ring (bicyclic) bond motifs is 1. The molecule has 0 radical (unpaired) electrons. The largest absolute Gasteiger partial charge is 0.480 e. The van der Waals surface area contributed by atoms with Gasteiger partial charge < -0.3 is 10.4 Å². The number of hydrogen-bond acceptors (Lipinski definition) is 3. The van der Waals surface area contributed by atoms with Crippen LogP contribution in [0.1, 0.15) is 12.8 Å². The third-order valence-corrected chi connectivity index (χ3v) is 3.88. The van der Waals surface area contributed by atoms with E-state index in [1.807, 2.05) is 23.1 Å². The van der Waals surface area contributed by atoms with E-state index in [0.717, 1.165) is 25.1 Å². The lowest BCUT2D eigenvalue weighted by Gasteiger charge is -2.22. The van der Waals surface area contributed by atoms with Gasteiger partial charge in [0.25, 0.3) is 0 Å². The van der Waals surface area contributed by atoms with Gasteiger partial charge in [0.15, 0.2) is 0 Å². The van der Waals surface area contributed by atoms with Gasteiger partial charge >= 0.3 is 5.97 Å². The number of likely N-dealkylation sites (tertiary alicyclic amines) is 1. The summed E-state index contributed by atoms with van der Waals surface area (Å²) in [6.07, 6.45) is 1.70. The van der Waals surface area contributed by atoms with Gasteiger partial charge in [-0.1, -0.05) is 30.3 Å². The Bertz CT molecular complexity index is 627. The summed E-state index contributed by atoms with van der Waals surface area (Å²) in [6.45, 7) is 1.42. The first-order chi connectivity index (χ1) is 9.74. The lowest BCUT2D eigenvalue weighted by atomic mass is 10.1. The molecule has 1 heterocycles. The predicted molar refractivity (Wildman–Crippen MR) is 79.8 cm³/mol. The van der Waals surface area contributed by atoms with Crippen LogP contribution in [-0.2, 0) is 4.79 Å². The zero-order valence-electron chi connectivity index (χ0n) is 11.2. The van der Waals surface area contributed by atoms with Gasteiger partial charge in [0, 0.05) is 12.2 Å². The van der Waals surface area contributed by atoms with Crippen molar-refractivity contribution in [2.45, 2.75) is 18.9 Å². The summed E-state index contributed by atoms with van der Waals surface area (Å²) in [6, 6.07) is 14.1. The van der Waals surface area contributed by atoms with E-state index in [4.69, 9.17) is 5.11 Å². The molecular formula is C16H18N2O2. The highest BCUT2D eigenvalue weighted by atomic mass is 16.4. The Morgan fingerprint density at radius 2 is 2.05 bits per heavy atom. The van der Waals surface area contributed by atoms with Gasteiger partial charge in [-0.25, -0.2) is 0 Å². The zero-order valence-corrected chi connectivity index (χ0v) is 11.2. The molecule has 2 aromatic carbocycles. The van der Waals surface area contributed by atoms with Crippen LogP contribution < -0.4 is 5.32 Å². The van der Waals surface area contributed by atoms with Crippen LogP contribution >= 0.6 is 0 Å². The number of anilines is 1. The van der Waals surface area contributed by atoms with Crippen molar-refractivity contribution in [3.05, 3.63) is 42.5 Å². The fourth-order valence-corrected chi connectivity index (χ4v) is 2.79. The second kappa shape index (κ2) is 5.51. The zero-order chi connectivity index (χ0) is 13.9. The summed E-state index contributed by atoms with van der Waals surface area (Å²) < 4.78 is 0. The van der Waals surface area contributed by atoms with Gasteiger partial charge in [-0.15, -0.1) is 0 Å². The average Bonchev–Trinajstić information content (AvgIpc) is 2.93. The molecule has 4 heteroatoms. The lowest BCUT2D eigenvalue weighted by Crippen LogP contribution is -2.39. The first-order valence-corrected chi connectivity index (χ1v) is 6.93. The Kier molecular flexibility index (Phi) is 3.56. The van der Waals surface area contributed by atoms with Crippen LogP contribution in [0.2, 0.25) is 0 Å². The first-order valence-electron chi connectivity index (χ1n) is 6.93. The van der Waals surface area contributed by atoms with E-state index in [9.17, 15) is 4.79 Å². The Balaban J connectivity index is 1.69. The smallest absolute Gasteiger partial charge is 0.320 e. The third kappa shape index (κ3) is 2.60. The highest BCUT2D eigenvalue weighted by Gasteiger charge is 2.29. The molecule has 0 saturated carbocycles. The lowest BCUT2D eigenvalue weighted by molar-refractivity contribution is -0.142. The summed E-state index contributed by atoms with van der Waals surface area (Å²) in [5.74, 6) is -0.720. The fourth-order valence-electron chi connectivity index (χ4n) is 2.79. The van der Waals surface area contributed by atoms with Crippen LogP contribution in [0.5, 0.6) is 0 Å². The Morgan fingerprint density at radius 3 is 2.85 bits per heavy atom. The molecule has 1 atom stereocenters. The highest BCUT2D eigenvalue weighted by molar-refractivity contribution is 5.85. The minimum Gasteiger partial charge on any atom is -0.480 e. The van der Waals surface area contributed by atoms with Crippen LogP contribution in [-0.4, -0.2) is 35.2 Å². The van der Waals surface area contributed by atoms with Crippen molar-refractivity contribution in [2.24, 2.45) is 0 Å². The maximum absolute atomic E-state index is 11.1. The van der Waals surface area contributed by atoms with Gasteiger partial charge in [-0.3, -0.25) is 9.69 Å². The Labute approximate surface area is 118 Å². The molecule has 0 aliphatic carbocycles. The van der Waals surface area contributed by atoms with E-state index < -0.39 is 5.97 Å². The summed E-state index contributed by atoms with van der Waals surface area (Å²) in [5.41, 5.74) is 1.03. The molecule has 1 saturated heterocycles. The number of hydrogen-bond donors (Lipinski definition) is 2. The average molecular weight is 270 g/mol. The molecule has 0 aromatic heterocycles. The van der Waals surface area contributed by atoms with Crippen molar-refractivity contribution >= 4 is 22.4 Å². The van der Waals surface area contributed by atoms with Crippen molar-refractivity contribution in [3.63, 3.8) is 0 Å². The molecule has 3 rings (SSSR count). The maximum Gasteiger partial charge on any atom is 0.320 e. The van der Waals surface area contributed by atoms with Crippen LogP contribution in [0.4, 0.5) is 5.69 Å². The van der Waals surface area contributed by atoms with Crippen molar-refractivity contribution in [1.82, 2.24) is 4.90 Å². The molecule has 1 aliphatic rings. The topological polar surface area (TPSA) is 52.6 Å². The molecule has 20 heavy (non-hydrogen) atoms. The minimum absolute atomic E-state index is 0.344. The van der Waals surface area contributed by atoms with E-state index in [0.29, 0.717) is 6.67 Å². The number of aliphatic carboxylic acids is 1. The van der Waals surface area contributed by atoms with E-state index in [2.05, 4.69) is 29.6 Å². The molecule has 0 unspecified atom stereocenters. The van der Waals surface area contributed by atoms with E-state index in [-0.39, 0.29) is 6.04 Å². The second-order valence-electron chi connectivity index (χ2n) is 5.21. The predicted octanol–water partition coefficient (Wildman–Crippen LogP) is 2.76. The number of benzene rings is 2. The van der Waals surface area contributed by atoms with Crippen LogP contribution in [0.25, 0.3) is 10.8 Å². The van der Waals surface area contributed by atoms with Crippen LogP contribution in [0, 0.1) is 0 Å². The Hall–Kier alpha value is -2.07. The monoisotopic (exact) mass is 270 g/mol. The molecule has 1 aliphatic heterocycles. The summed E-state index contributed by atoms with van der Waals surface area (Å²) in [7, 11) is 0. The van der Waals surface area contributed by atoms with Crippen molar-refractivity contribution < 1.29 is 9.90 Å². The van der Waals surface area contributed by atoms with E-state index >= 15 is 0 Å². The number of carbonyl (C=O) groups is 1. The molecule has 104 valence electrons. The molecule has 2 aromatic rings. The standard InChI is InChI=1S/C16H18N2O2/c19-16(20)15-6-3-9-18(15)11-17-14-8-7-12-4-1-2-5-13(12)10-14/h1-2,4-5,7-8,10,15,17H,3,6,9,11H2,(H,19,20)/t15-/m0/s1. The number of carboxylic acids is 1. The molecule has 0 amide bonds. The van der Waals surface area contributed by atoms with Gasteiger partial charge in [0.1, 0.15) is 6.04 Å². The highest BCUT2D eigenvalue weighted by Crippen LogP contribution is 2.20. The summed E-state index contributed by atoms with van der Waals surface area (Å²) >= 11 is 0. The molecule has 1 fully saturated rings. The van der Waals surface area contributed by atoms with Gasteiger partial charge in [-0.05, 0) is 35.7 Å². The SMILES string of the molecule is O=C(O)[C@@H]1CCCN1CNc1ccc2ccccc2c1. The molecule has 2 N–H and O–H groups in total. The molecule has 0 spiro atoms. The van der Waals surface area contributed by atoms with Crippen LogP contribution in [0.3, 0.4) is 0 Å². The number of nitrogens with zero attached hydrogens (tertiary/aromatic N) is 1. The molecule has 4 nitrogen and oxygen atoms in total. The van der Waals surface area contributed by atoms with E-state index in [1.54, 1.807) is 0 Å². The van der Waals surface area contributed by atoms with Crippen molar-refractivity contribution in [2.75, 3.05) is 18.5 Å².